The molecule has 1 aliphatic heterocycles. The molecule has 3 rings (SSSR count). The third kappa shape index (κ3) is 3.67. The summed E-state index contributed by atoms with van der Waals surface area (Å²) in [6, 6.07) is 0.0213. The molecule has 25 heavy (non-hydrogen) atoms. The Morgan fingerprint density at radius 1 is 1.44 bits per heavy atom. The first-order valence-corrected chi connectivity index (χ1v) is 8.82. The average Bonchev–Trinajstić information content (AvgIpc) is 3.26. The van der Waals surface area contributed by atoms with Gasteiger partial charge < -0.3 is 4.74 Å². The van der Waals surface area contributed by atoms with Gasteiger partial charge in [-0.2, -0.15) is 10.2 Å². The number of aromatic nitrogens is 6. The monoisotopic (exact) mass is 349 g/mol. The number of likely N-dealkylation sites (tertiary alicyclic amines) is 1. The van der Waals surface area contributed by atoms with Crippen LogP contribution in [-0.2, 0) is 24.4 Å². The minimum atomic E-state index is -0.165. The first kappa shape index (κ1) is 17.8. The molecule has 0 bridgehead atoms. The van der Waals surface area contributed by atoms with Crippen LogP contribution in [0.1, 0.15) is 44.9 Å². The van der Waals surface area contributed by atoms with E-state index in [4.69, 9.17) is 4.74 Å². The Balaban J connectivity index is 1.85. The van der Waals surface area contributed by atoms with Crippen LogP contribution in [0.15, 0.2) is 11.1 Å². The number of nitrogens with zero attached hydrogens (tertiary/aromatic N) is 6. The maximum absolute atomic E-state index is 11.9. The molecular formula is C16H27N7O2. The standard InChI is InChI=1S/C16H27N7O2/c1-5-22-15(19-20-16(22)24)13-6-12(25-4)8-21(13)9-14-17-10-18-23(14)7-11(2)3/h10-13H,5-9H2,1-4H3,(H,20,24)/t12-,13-/m0/s1. The number of nitrogens with one attached hydrogen (secondary N) is 1. The summed E-state index contributed by atoms with van der Waals surface area (Å²) in [5.74, 6) is 2.19. The number of hydrogen-bond donors (Lipinski definition) is 1. The Morgan fingerprint density at radius 3 is 2.92 bits per heavy atom. The molecule has 1 N–H and O–H groups in total. The molecule has 0 spiro atoms. The van der Waals surface area contributed by atoms with Crippen LogP contribution in [0.5, 0.6) is 0 Å². The smallest absolute Gasteiger partial charge is 0.343 e. The number of ether oxygens (including phenoxy) is 1. The van der Waals surface area contributed by atoms with E-state index in [9.17, 15) is 4.79 Å². The van der Waals surface area contributed by atoms with Crippen LogP contribution in [0.2, 0.25) is 0 Å². The van der Waals surface area contributed by atoms with Crippen molar-refractivity contribution in [3.63, 3.8) is 0 Å². The maximum Gasteiger partial charge on any atom is 0.343 e. The van der Waals surface area contributed by atoms with Gasteiger partial charge in [-0.3, -0.25) is 9.47 Å². The number of aromatic amines is 1. The highest BCUT2D eigenvalue weighted by Crippen LogP contribution is 2.32. The molecule has 0 aromatic carbocycles. The van der Waals surface area contributed by atoms with Crippen molar-refractivity contribution in [3.8, 4) is 0 Å². The molecule has 0 saturated carbocycles. The van der Waals surface area contributed by atoms with Crippen molar-refractivity contribution in [1.82, 2.24) is 34.4 Å². The zero-order chi connectivity index (χ0) is 18.0. The van der Waals surface area contributed by atoms with Gasteiger partial charge in [-0.05, 0) is 19.3 Å². The molecule has 3 heterocycles. The predicted molar refractivity (Wildman–Crippen MR) is 91.9 cm³/mol. The summed E-state index contributed by atoms with van der Waals surface area (Å²) in [5, 5.41) is 11.2. The lowest BCUT2D eigenvalue weighted by molar-refractivity contribution is 0.106. The van der Waals surface area contributed by atoms with Gasteiger partial charge in [-0.1, -0.05) is 13.8 Å². The lowest BCUT2D eigenvalue weighted by Crippen LogP contribution is -2.29. The molecule has 1 aliphatic rings. The van der Waals surface area contributed by atoms with Gasteiger partial charge in [0, 0.05) is 26.7 Å². The normalized spacial score (nSPS) is 21.5. The van der Waals surface area contributed by atoms with E-state index in [0.717, 1.165) is 31.2 Å². The summed E-state index contributed by atoms with van der Waals surface area (Å²) in [5.41, 5.74) is -0.165. The van der Waals surface area contributed by atoms with Gasteiger partial charge in [-0.15, -0.1) is 0 Å². The number of methoxy groups -OCH3 is 1. The predicted octanol–water partition coefficient (Wildman–Crippen LogP) is 0.801. The number of rotatable bonds is 7. The fourth-order valence-corrected chi connectivity index (χ4v) is 3.46. The summed E-state index contributed by atoms with van der Waals surface area (Å²) in [4.78, 5) is 18.7. The fourth-order valence-electron chi connectivity index (χ4n) is 3.46. The van der Waals surface area contributed by atoms with E-state index >= 15 is 0 Å². The Bertz CT molecular complexity index is 748. The molecular weight excluding hydrogens is 322 g/mol. The van der Waals surface area contributed by atoms with Crippen LogP contribution in [0.3, 0.4) is 0 Å². The van der Waals surface area contributed by atoms with Gasteiger partial charge in [0.2, 0.25) is 0 Å². The highest BCUT2D eigenvalue weighted by molar-refractivity contribution is 5.03. The van der Waals surface area contributed by atoms with Crippen LogP contribution < -0.4 is 5.69 Å². The van der Waals surface area contributed by atoms with Gasteiger partial charge in [0.05, 0.1) is 18.7 Å². The molecule has 2 aromatic heterocycles. The van der Waals surface area contributed by atoms with Crippen LogP contribution in [-0.4, -0.2) is 54.2 Å². The van der Waals surface area contributed by atoms with Crippen LogP contribution in [0.4, 0.5) is 0 Å². The number of hydrogen-bond acceptors (Lipinski definition) is 6. The van der Waals surface area contributed by atoms with E-state index < -0.39 is 0 Å². The van der Waals surface area contributed by atoms with Crippen molar-refractivity contribution in [2.45, 2.75) is 59.0 Å². The Kier molecular flexibility index (Phi) is 5.33. The second kappa shape index (κ2) is 7.49. The topological polar surface area (TPSA) is 93.9 Å². The summed E-state index contributed by atoms with van der Waals surface area (Å²) in [6.07, 6.45) is 2.52. The Morgan fingerprint density at radius 2 is 2.24 bits per heavy atom. The molecule has 0 radical (unpaired) electrons. The first-order valence-electron chi connectivity index (χ1n) is 8.82. The van der Waals surface area contributed by atoms with Crippen LogP contribution >= 0.6 is 0 Å². The fraction of sp³-hybridized carbons (Fsp3) is 0.750. The quantitative estimate of drug-likeness (QED) is 0.795. The first-order chi connectivity index (χ1) is 12.0. The van der Waals surface area contributed by atoms with Crippen molar-refractivity contribution < 1.29 is 4.74 Å². The molecule has 0 unspecified atom stereocenters. The van der Waals surface area contributed by atoms with E-state index in [1.165, 1.54) is 0 Å². The summed E-state index contributed by atoms with van der Waals surface area (Å²) < 4.78 is 9.22. The van der Waals surface area contributed by atoms with Crippen molar-refractivity contribution in [2.24, 2.45) is 5.92 Å². The van der Waals surface area contributed by atoms with E-state index in [1.807, 2.05) is 11.6 Å². The molecule has 2 atom stereocenters. The summed E-state index contributed by atoms with van der Waals surface area (Å²) >= 11 is 0. The molecule has 1 fully saturated rings. The minimum Gasteiger partial charge on any atom is -0.380 e. The molecule has 9 heteroatoms. The number of H-pyrrole nitrogens is 1. The lowest BCUT2D eigenvalue weighted by Gasteiger charge is -2.23. The molecule has 0 aliphatic carbocycles. The van der Waals surface area contributed by atoms with E-state index in [1.54, 1.807) is 18.0 Å². The third-order valence-electron chi connectivity index (χ3n) is 4.68. The van der Waals surface area contributed by atoms with Gasteiger partial charge in [-0.25, -0.2) is 19.6 Å². The molecule has 2 aromatic rings. The van der Waals surface area contributed by atoms with Gasteiger partial charge in [0.1, 0.15) is 12.2 Å². The van der Waals surface area contributed by atoms with Crippen LogP contribution in [0.25, 0.3) is 0 Å². The third-order valence-corrected chi connectivity index (χ3v) is 4.68. The zero-order valence-corrected chi connectivity index (χ0v) is 15.3. The van der Waals surface area contributed by atoms with Gasteiger partial charge in [0.25, 0.3) is 0 Å². The highest BCUT2D eigenvalue weighted by atomic mass is 16.5. The molecule has 9 nitrogen and oxygen atoms in total. The SMILES string of the molecule is CCn1c([C@@H]2C[C@H](OC)CN2Cc2ncnn2CC(C)C)n[nH]c1=O. The molecule has 138 valence electrons. The second-order valence-corrected chi connectivity index (χ2v) is 6.92. The highest BCUT2D eigenvalue weighted by Gasteiger charge is 2.37. The van der Waals surface area contributed by atoms with E-state index in [0.29, 0.717) is 19.0 Å². The van der Waals surface area contributed by atoms with Gasteiger partial charge >= 0.3 is 5.69 Å². The van der Waals surface area contributed by atoms with Crippen molar-refractivity contribution in [1.29, 1.82) is 0 Å². The lowest BCUT2D eigenvalue weighted by atomic mass is 10.2. The maximum atomic E-state index is 11.9. The van der Waals surface area contributed by atoms with Gasteiger partial charge in [0.15, 0.2) is 5.82 Å². The summed E-state index contributed by atoms with van der Waals surface area (Å²) in [6.45, 7) is 9.14. The van der Waals surface area contributed by atoms with Crippen LogP contribution in [0, 0.1) is 5.92 Å². The minimum absolute atomic E-state index is 0.0213. The summed E-state index contributed by atoms with van der Waals surface area (Å²) in [7, 11) is 1.73. The van der Waals surface area contributed by atoms with E-state index in [-0.39, 0.29) is 17.8 Å². The zero-order valence-electron chi connectivity index (χ0n) is 15.3. The average molecular weight is 349 g/mol. The molecule has 1 saturated heterocycles. The Hall–Kier alpha value is -2.00. The van der Waals surface area contributed by atoms with Crippen molar-refractivity contribution in [2.75, 3.05) is 13.7 Å². The molecule has 0 amide bonds. The van der Waals surface area contributed by atoms with E-state index in [2.05, 4.69) is 39.0 Å². The largest absolute Gasteiger partial charge is 0.380 e. The van der Waals surface area contributed by atoms with Crippen molar-refractivity contribution in [3.05, 3.63) is 28.5 Å². The van der Waals surface area contributed by atoms with Crippen molar-refractivity contribution >= 4 is 0 Å². The Labute approximate surface area is 147 Å². The second-order valence-electron chi connectivity index (χ2n) is 6.92.